The fourth-order valence-electron chi connectivity index (χ4n) is 2.46. The van der Waals surface area contributed by atoms with Gasteiger partial charge in [-0.2, -0.15) is 4.31 Å². The number of benzene rings is 1. The number of sulfonamides is 1. The summed E-state index contributed by atoms with van der Waals surface area (Å²) in [4.78, 5) is 0.409. The van der Waals surface area contributed by atoms with Gasteiger partial charge in [0.1, 0.15) is 0 Å². The van der Waals surface area contributed by atoms with E-state index in [-0.39, 0.29) is 0 Å². The topological polar surface area (TPSA) is 37.4 Å². The zero-order valence-corrected chi connectivity index (χ0v) is 13.6. The van der Waals surface area contributed by atoms with Crippen molar-refractivity contribution in [3.63, 3.8) is 0 Å². The highest BCUT2D eigenvalue weighted by Gasteiger charge is 2.28. The van der Waals surface area contributed by atoms with Crippen molar-refractivity contribution in [1.82, 2.24) is 4.31 Å². The lowest BCUT2D eigenvalue weighted by Gasteiger charge is -2.30. The molecule has 1 aliphatic heterocycles. The fourth-order valence-corrected chi connectivity index (χ4v) is 4.30. The Morgan fingerprint density at radius 2 is 1.79 bits per heavy atom. The molecule has 0 aliphatic carbocycles. The SMILES string of the molecule is CCC1CCN(S(=O)(=O)c2ccc(CBr)cc2)CC1. The van der Waals surface area contributed by atoms with Crippen LogP contribution in [0, 0.1) is 5.92 Å². The van der Waals surface area contributed by atoms with E-state index in [0.717, 1.165) is 30.2 Å². The number of piperidine rings is 1. The van der Waals surface area contributed by atoms with Crippen molar-refractivity contribution in [2.24, 2.45) is 5.92 Å². The maximum Gasteiger partial charge on any atom is 0.243 e. The van der Waals surface area contributed by atoms with Gasteiger partial charge in [0, 0.05) is 18.4 Å². The highest BCUT2D eigenvalue weighted by molar-refractivity contribution is 9.08. The van der Waals surface area contributed by atoms with Crippen molar-refractivity contribution in [2.75, 3.05) is 13.1 Å². The molecule has 19 heavy (non-hydrogen) atoms. The zero-order valence-electron chi connectivity index (χ0n) is 11.2. The molecule has 0 amide bonds. The molecule has 0 radical (unpaired) electrons. The Labute approximate surface area is 124 Å². The molecule has 1 saturated heterocycles. The Bertz CT molecular complexity index is 505. The van der Waals surface area contributed by atoms with Crippen LogP contribution in [-0.4, -0.2) is 25.8 Å². The van der Waals surface area contributed by atoms with E-state index in [0.29, 0.717) is 23.9 Å². The van der Waals surface area contributed by atoms with Crippen molar-refractivity contribution in [1.29, 1.82) is 0 Å². The summed E-state index contributed by atoms with van der Waals surface area (Å²) in [5.41, 5.74) is 1.09. The van der Waals surface area contributed by atoms with E-state index in [4.69, 9.17) is 0 Å². The third kappa shape index (κ3) is 3.38. The quantitative estimate of drug-likeness (QED) is 0.784. The first-order valence-corrected chi connectivity index (χ1v) is 9.29. The van der Waals surface area contributed by atoms with Crippen molar-refractivity contribution >= 4 is 26.0 Å². The summed E-state index contributed by atoms with van der Waals surface area (Å²) in [7, 11) is -3.30. The van der Waals surface area contributed by atoms with Gasteiger partial charge >= 0.3 is 0 Å². The molecule has 5 heteroatoms. The Morgan fingerprint density at radius 3 is 2.26 bits per heavy atom. The minimum atomic E-state index is -3.30. The van der Waals surface area contributed by atoms with E-state index in [1.165, 1.54) is 0 Å². The number of rotatable bonds is 4. The van der Waals surface area contributed by atoms with E-state index in [2.05, 4.69) is 22.9 Å². The van der Waals surface area contributed by atoms with Gasteiger partial charge in [-0.25, -0.2) is 8.42 Å². The van der Waals surface area contributed by atoms with Gasteiger partial charge in [0.15, 0.2) is 0 Å². The van der Waals surface area contributed by atoms with Crippen LogP contribution in [0.15, 0.2) is 29.2 Å². The normalized spacial score (nSPS) is 18.6. The molecule has 0 spiro atoms. The summed E-state index contributed by atoms with van der Waals surface area (Å²) >= 11 is 3.36. The van der Waals surface area contributed by atoms with Crippen molar-refractivity contribution in [3.8, 4) is 0 Å². The van der Waals surface area contributed by atoms with Crippen LogP contribution in [0.3, 0.4) is 0 Å². The molecule has 0 N–H and O–H groups in total. The Morgan fingerprint density at radius 1 is 1.21 bits per heavy atom. The molecule has 3 nitrogen and oxygen atoms in total. The first kappa shape index (κ1) is 15.0. The molecule has 2 rings (SSSR count). The molecule has 0 aromatic heterocycles. The molecule has 0 bridgehead atoms. The molecule has 0 atom stereocenters. The second kappa shape index (κ2) is 6.37. The minimum absolute atomic E-state index is 0.409. The minimum Gasteiger partial charge on any atom is -0.207 e. The molecule has 0 unspecified atom stereocenters. The average molecular weight is 346 g/mol. The molecular weight excluding hydrogens is 326 g/mol. The largest absolute Gasteiger partial charge is 0.243 e. The smallest absolute Gasteiger partial charge is 0.207 e. The van der Waals surface area contributed by atoms with E-state index < -0.39 is 10.0 Å². The lowest BCUT2D eigenvalue weighted by molar-refractivity contribution is 0.269. The van der Waals surface area contributed by atoms with Crippen LogP contribution in [0.5, 0.6) is 0 Å². The molecule has 0 saturated carbocycles. The number of halogens is 1. The monoisotopic (exact) mass is 345 g/mol. The zero-order chi connectivity index (χ0) is 13.9. The van der Waals surface area contributed by atoms with Crippen LogP contribution in [0.2, 0.25) is 0 Å². The molecule has 1 heterocycles. The molecule has 1 fully saturated rings. The van der Waals surface area contributed by atoms with Gasteiger partial charge in [-0.15, -0.1) is 0 Å². The highest BCUT2D eigenvalue weighted by Crippen LogP contribution is 2.25. The standard InChI is InChI=1S/C14H20BrNO2S/c1-2-12-7-9-16(10-8-12)19(17,18)14-5-3-13(11-15)4-6-14/h3-6,12H,2,7-11H2,1H3. The third-order valence-electron chi connectivity index (χ3n) is 3.87. The molecule has 106 valence electrons. The lowest BCUT2D eigenvalue weighted by atomic mass is 9.96. The van der Waals surface area contributed by atoms with Crippen LogP contribution < -0.4 is 0 Å². The predicted molar refractivity (Wildman–Crippen MR) is 80.8 cm³/mol. The van der Waals surface area contributed by atoms with Gasteiger partial charge in [0.2, 0.25) is 10.0 Å². The van der Waals surface area contributed by atoms with Crippen molar-refractivity contribution in [2.45, 2.75) is 36.4 Å². The number of alkyl halides is 1. The van der Waals surface area contributed by atoms with Crippen molar-refractivity contribution in [3.05, 3.63) is 29.8 Å². The second-order valence-corrected chi connectivity index (χ2v) is 7.53. The second-order valence-electron chi connectivity index (χ2n) is 5.03. The summed E-state index contributed by atoms with van der Waals surface area (Å²) in [6, 6.07) is 7.14. The van der Waals surface area contributed by atoms with Gasteiger partial charge in [-0.1, -0.05) is 41.4 Å². The number of nitrogens with zero attached hydrogens (tertiary/aromatic N) is 1. The van der Waals surface area contributed by atoms with Crippen LogP contribution >= 0.6 is 15.9 Å². The fraction of sp³-hybridized carbons (Fsp3) is 0.571. The van der Waals surface area contributed by atoms with Crippen LogP contribution in [-0.2, 0) is 15.4 Å². The van der Waals surface area contributed by atoms with E-state index in [1.807, 2.05) is 12.1 Å². The average Bonchev–Trinajstić information content (AvgIpc) is 2.47. The Balaban J connectivity index is 2.13. The predicted octanol–water partition coefficient (Wildman–Crippen LogP) is 3.39. The molecule has 1 aromatic carbocycles. The highest BCUT2D eigenvalue weighted by atomic mass is 79.9. The number of hydrogen-bond acceptors (Lipinski definition) is 2. The van der Waals surface area contributed by atoms with E-state index >= 15 is 0 Å². The van der Waals surface area contributed by atoms with Gasteiger partial charge in [0.05, 0.1) is 4.90 Å². The summed E-state index contributed by atoms with van der Waals surface area (Å²) in [6.45, 7) is 3.48. The van der Waals surface area contributed by atoms with E-state index in [1.54, 1.807) is 16.4 Å². The van der Waals surface area contributed by atoms with Crippen LogP contribution in [0.1, 0.15) is 31.7 Å². The Kier molecular flexibility index (Phi) is 5.03. The first-order valence-electron chi connectivity index (χ1n) is 6.73. The van der Waals surface area contributed by atoms with E-state index in [9.17, 15) is 8.42 Å². The molecule has 1 aliphatic rings. The van der Waals surface area contributed by atoms with Gasteiger partial charge in [0.25, 0.3) is 0 Å². The van der Waals surface area contributed by atoms with Crippen LogP contribution in [0.25, 0.3) is 0 Å². The number of hydrogen-bond donors (Lipinski definition) is 0. The lowest BCUT2D eigenvalue weighted by Crippen LogP contribution is -2.38. The van der Waals surface area contributed by atoms with Crippen molar-refractivity contribution < 1.29 is 8.42 Å². The summed E-state index contributed by atoms with van der Waals surface area (Å²) in [6.07, 6.45) is 3.11. The van der Waals surface area contributed by atoms with Gasteiger partial charge < -0.3 is 0 Å². The first-order chi connectivity index (χ1) is 9.07. The maximum atomic E-state index is 12.5. The van der Waals surface area contributed by atoms with Crippen LogP contribution in [0.4, 0.5) is 0 Å². The molecule has 1 aromatic rings. The van der Waals surface area contributed by atoms with Gasteiger partial charge in [-0.05, 0) is 36.5 Å². The Hall–Kier alpha value is -0.390. The maximum absolute atomic E-state index is 12.5. The molecular formula is C14H20BrNO2S. The summed E-state index contributed by atoms with van der Waals surface area (Å²) in [5.74, 6) is 0.683. The third-order valence-corrected chi connectivity index (χ3v) is 6.43. The summed E-state index contributed by atoms with van der Waals surface area (Å²) in [5, 5.41) is 0.745. The summed E-state index contributed by atoms with van der Waals surface area (Å²) < 4.78 is 26.6. The van der Waals surface area contributed by atoms with Gasteiger partial charge in [-0.3, -0.25) is 0 Å².